The molecule has 0 aliphatic rings. The van der Waals surface area contributed by atoms with Crippen molar-refractivity contribution in [1.82, 2.24) is 0 Å². The van der Waals surface area contributed by atoms with Gasteiger partial charge in [-0.05, 0) is 0 Å². The van der Waals surface area contributed by atoms with Crippen molar-refractivity contribution in [3.05, 3.63) is 5.53 Å². The summed E-state index contributed by atoms with van der Waals surface area (Å²) in [6.45, 7) is 1.70. The first-order valence-corrected chi connectivity index (χ1v) is 3.40. The third-order valence-electron chi connectivity index (χ3n) is 1.19. The molecule has 4 nitrogen and oxygen atoms in total. The number of ketones is 2. The molecule has 0 saturated heterocycles. The summed E-state index contributed by atoms with van der Waals surface area (Å²) < 4.78 is 0. The van der Waals surface area contributed by atoms with Gasteiger partial charge in [-0.3, -0.25) is 9.59 Å². The summed E-state index contributed by atoms with van der Waals surface area (Å²) >= 11 is 0. The number of hydrogen-bond acceptors (Lipinski definition) is 2. The molecule has 4 heteroatoms. The lowest BCUT2D eigenvalue weighted by Gasteiger charge is -1.90. The Hall–Kier alpha value is -1.28. The van der Waals surface area contributed by atoms with Gasteiger partial charge in [0.05, 0.1) is 6.42 Å². The highest BCUT2D eigenvalue weighted by molar-refractivity contribution is 6.03. The van der Waals surface area contributed by atoms with Crippen LogP contribution in [0.25, 0.3) is 5.53 Å². The van der Waals surface area contributed by atoms with Crippen molar-refractivity contribution in [2.24, 2.45) is 0 Å². The van der Waals surface area contributed by atoms with Crippen LogP contribution in [0.1, 0.15) is 26.2 Å². The zero-order valence-corrected chi connectivity index (χ0v) is 6.41. The molecule has 0 atom stereocenters. The van der Waals surface area contributed by atoms with Crippen LogP contribution in [0.4, 0.5) is 0 Å². The Labute approximate surface area is 64.8 Å². The quantitative estimate of drug-likeness (QED) is 0.252. The van der Waals surface area contributed by atoms with Crippen molar-refractivity contribution in [3.8, 4) is 0 Å². The average molecular weight is 154 g/mol. The number of carbonyl (C=O) groups excluding carboxylic acids is 2. The van der Waals surface area contributed by atoms with E-state index in [1.807, 2.05) is 0 Å². The molecular weight excluding hydrogens is 144 g/mol. The molecule has 0 aliphatic carbocycles. The second-order valence-electron chi connectivity index (χ2n) is 2.11. The lowest BCUT2D eigenvalue weighted by Crippen LogP contribution is -2.06. The molecule has 0 rings (SSSR count). The maximum Gasteiger partial charge on any atom is 0.264 e. The predicted molar refractivity (Wildman–Crippen MR) is 39.2 cm³/mol. The van der Waals surface area contributed by atoms with Crippen LogP contribution in [-0.4, -0.2) is 22.6 Å². The maximum atomic E-state index is 10.7. The molecule has 0 N–H and O–H groups in total. The first-order valence-electron chi connectivity index (χ1n) is 3.40. The van der Waals surface area contributed by atoms with Crippen molar-refractivity contribution < 1.29 is 14.4 Å². The van der Waals surface area contributed by atoms with Gasteiger partial charge in [-0.2, -0.15) is 4.79 Å². The summed E-state index contributed by atoms with van der Waals surface area (Å²) in [5.74, 6) is -0.295. The highest BCUT2D eigenvalue weighted by Crippen LogP contribution is 1.92. The van der Waals surface area contributed by atoms with Gasteiger partial charge in [0.1, 0.15) is 12.2 Å². The third kappa shape index (κ3) is 5.18. The molecule has 0 aliphatic heterocycles. The molecule has 60 valence electrons. The molecule has 0 aromatic rings. The standard InChI is InChI=1S/C7H10N2O2/c1-2-6(10)5-7(11)3-4-9-8/h4H,2-3,5H2,1H3. The molecule has 0 heterocycles. The second kappa shape index (κ2) is 5.50. The molecule has 0 radical (unpaired) electrons. The largest absolute Gasteiger partial charge is 0.362 e. The molecule has 11 heavy (non-hydrogen) atoms. The van der Waals surface area contributed by atoms with Gasteiger partial charge >= 0.3 is 0 Å². The zero-order valence-electron chi connectivity index (χ0n) is 6.41. The molecule has 0 fully saturated rings. The Morgan fingerprint density at radius 2 is 2.09 bits per heavy atom. The Balaban J connectivity index is 3.69. The smallest absolute Gasteiger partial charge is 0.264 e. The number of rotatable bonds is 5. The minimum Gasteiger partial charge on any atom is -0.362 e. The lowest BCUT2D eigenvalue weighted by molar-refractivity contribution is -0.126. The van der Waals surface area contributed by atoms with E-state index in [0.29, 0.717) is 6.42 Å². The molecule has 0 bridgehead atoms. The van der Waals surface area contributed by atoms with Crippen LogP contribution in [0.3, 0.4) is 0 Å². The first kappa shape index (κ1) is 9.72. The summed E-state index contributed by atoms with van der Waals surface area (Å²) in [7, 11) is 0. The van der Waals surface area contributed by atoms with Gasteiger partial charge in [0, 0.05) is 6.42 Å². The summed E-state index contributed by atoms with van der Waals surface area (Å²) in [5, 5.41) is 0. The summed E-state index contributed by atoms with van der Waals surface area (Å²) in [6, 6.07) is 0. The fraction of sp³-hybridized carbons (Fsp3) is 0.571. The Kier molecular flexibility index (Phi) is 4.86. The fourth-order valence-corrected chi connectivity index (χ4v) is 0.560. The summed E-state index contributed by atoms with van der Waals surface area (Å²) in [4.78, 5) is 24.1. The SMILES string of the molecule is CCC(=O)CC(=O)CC=[N+]=[N-]. The van der Waals surface area contributed by atoms with Crippen molar-refractivity contribution in [2.45, 2.75) is 26.2 Å². The van der Waals surface area contributed by atoms with Crippen LogP contribution in [0.2, 0.25) is 0 Å². The topological polar surface area (TPSA) is 70.5 Å². The van der Waals surface area contributed by atoms with Crippen molar-refractivity contribution >= 4 is 17.8 Å². The number of hydrogen-bond donors (Lipinski definition) is 0. The van der Waals surface area contributed by atoms with Crippen LogP contribution in [0, 0.1) is 0 Å². The summed E-state index contributed by atoms with van der Waals surface area (Å²) in [6.07, 6.45) is 1.43. The molecule has 0 aromatic heterocycles. The number of Topliss-reactive ketones (excluding diaryl/α,β-unsaturated/α-hetero) is 2. The van der Waals surface area contributed by atoms with E-state index in [4.69, 9.17) is 5.53 Å². The lowest BCUT2D eigenvalue weighted by atomic mass is 10.1. The molecule has 0 unspecified atom stereocenters. The maximum absolute atomic E-state index is 10.7. The van der Waals surface area contributed by atoms with E-state index in [-0.39, 0.29) is 24.4 Å². The molecular formula is C7H10N2O2. The first-order chi connectivity index (χ1) is 5.20. The van der Waals surface area contributed by atoms with Crippen LogP contribution < -0.4 is 0 Å². The van der Waals surface area contributed by atoms with Gasteiger partial charge in [0.2, 0.25) is 0 Å². The molecule has 0 saturated carbocycles. The molecule has 0 spiro atoms. The van der Waals surface area contributed by atoms with Crippen molar-refractivity contribution in [2.75, 3.05) is 0 Å². The zero-order chi connectivity index (χ0) is 8.69. The second-order valence-corrected chi connectivity index (χ2v) is 2.11. The highest BCUT2D eigenvalue weighted by atomic mass is 16.1. The van der Waals surface area contributed by atoms with Gasteiger partial charge in [-0.25, -0.2) is 0 Å². The van der Waals surface area contributed by atoms with Crippen LogP contribution in [0.5, 0.6) is 0 Å². The predicted octanol–water partition coefficient (Wildman–Crippen LogP) is 0.615. The van der Waals surface area contributed by atoms with E-state index in [2.05, 4.69) is 4.79 Å². The summed E-state index contributed by atoms with van der Waals surface area (Å²) in [5.41, 5.74) is 7.94. The van der Waals surface area contributed by atoms with E-state index in [1.54, 1.807) is 6.92 Å². The third-order valence-corrected chi connectivity index (χ3v) is 1.19. The molecule has 0 amide bonds. The number of carbonyl (C=O) groups is 2. The Morgan fingerprint density at radius 3 is 2.55 bits per heavy atom. The minimum atomic E-state index is -0.213. The van der Waals surface area contributed by atoms with E-state index in [0.717, 1.165) is 6.21 Å². The van der Waals surface area contributed by atoms with E-state index >= 15 is 0 Å². The van der Waals surface area contributed by atoms with Crippen LogP contribution in [0.15, 0.2) is 0 Å². The fourth-order valence-electron chi connectivity index (χ4n) is 0.560. The number of nitrogens with zero attached hydrogens (tertiary/aromatic N) is 2. The van der Waals surface area contributed by atoms with Crippen molar-refractivity contribution in [1.29, 1.82) is 0 Å². The van der Waals surface area contributed by atoms with E-state index in [1.165, 1.54) is 0 Å². The van der Waals surface area contributed by atoms with Gasteiger partial charge in [0.15, 0.2) is 5.78 Å². The van der Waals surface area contributed by atoms with Crippen LogP contribution in [-0.2, 0) is 9.59 Å². The minimum absolute atomic E-state index is 0.0300. The van der Waals surface area contributed by atoms with Crippen LogP contribution >= 0.6 is 0 Å². The highest BCUT2D eigenvalue weighted by Gasteiger charge is 2.07. The Morgan fingerprint density at radius 1 is 1.45 bits per heavy atom. The monoisotopic (exact) mass is 154 g/mol. The van der Waals surface area contributed by atoms with Gasteiger partial charge in [0.25, 0.3) is 6.21 Å². The van der Waals surface area contributed by atoms with E-state index in [9.17, 15) is 9.59 Å². The molecule has 0 aromatic carbocycles. The van der Waals surface area contributed by atoms with Gasteiger partial charge in [-0.1, -0.05) is 6.92 Å². The Bertz CT molecular complexity index is 204. The van der Waals surface area contributed by atoms with Crippen molar-refractivity contribution in [3.63, 3.8) is 0 Å². The average Bonchev–Trinajstić information content (AvgIpc) is 2.00. The normalized spacial score (nSPS) is 8.45. The van der Waals surface area contributed by atoms with E-state index < -0.39 is 0 Å². The van der Waals surface area contributed by atoms with Gasteiger partial charge in [-0.15, -0.1) is 0 Å². The van der Waals surface area contributed by atoms with Gasteiger partial charge < -0.3 is 5.53 Å².